The molecule has 1 aliphatic rings. The lowest BCUT2D eigenvalue weighted by Crippen LogP contribution is -2.50. The van der Waals surface area contributed by atoms with E-state index in [1.165, 1.54) is 5.56 Å². The molecule has 3 heteroatoms. The topological polar surface area (TPSA) is 24.5 Å². The number of methoxy groups -OCH3 is 1. The van der Waals surface area contributed by atoms with Gasteiger partial charge < -0.3 is 10.1 Å². The van der Waals surface area contributed by atoms with E-state index >= 15 is 0 Å². The van der Waals surface area contributed by atoms with Crippen LogP contribution < -0.4 is 5.32 Å². The third kappa shape index (κ3) is 4.11. The van der Waals surface area contributed by atoms with Crippen molar-refractivity contribution < 1.29 is 4.74 Å². The van der Waals surface area contributed by atoms with Crippen molar-refractivity contribution in [3.63, 3.8) is 0 Å². The van der Waals surface area contributed by atoms with Crippen molar-refractivity contribution >= 4 is 0 Å². The molecule has 0 bridgehead atoms. The van der Waals surface area contributed by atoms with E-state index in [-0.39, 0.29) is 0 Å². The van der Waals surface area contributed by atoms with E-state index in [0.717, 1.165) is 39.2 Å². The highest BCUT2D eigenvalue weighted by Crippen LogP contribution is 2.08. The summed E-state index contributed by atoms with van der Waals surface area (Å²) < 4.78 is 5.14. The third-order valence-corrected chi connectivity index (χ3v) is 3.26. The molecule has 3 nitrogen and oxygen atoms in total. The van der Waals surface area contributed by atoms with Gasteiger partial charge in [-0.05, 0) is 12.0 Å². The Labute approximate surface area is 104 Å². The Balaban J connectivity index is 1.81. The van der Waals surface area contributed by atoms with Crippen LogP contribution in [0.1, 0.15) is 12.0 Å². The molecule has 0 aromatic heterocycles. The summed E-state index contributed by atoms with van der Waals surface area (Å²) in [5, 5.41) is 3.55. The van der Waals surface area contributed by atoms with E-state index in [1.54, 1.807) is 7.11 Å². The minimum atomic E-state index is 0.576. The fraction of sp³-hybridized carbons (Fsp3) is 0.571. The summed E-state index contributed by atoms with van der Waals surface area (Å²) in [5.41, 5.74) is 1.40. The quantitative estimate of drug-likeness (QED) is 0.835. The molecule has 0 unspecified atom stereocenters. The van der Waals surface area contributed by atoms with Crippen molar-refractivity contribution in [1.82, 2.24) is 10.2 Å². The Morgan fingerprint density at radius 1 is 1.35 bits per heavy atom. The highest BCUT2D eigenvalue weighted by Gasteiger charge is 2.18. The van der Waals surface area contributed by atoms with Crippen LogP contribution in [0.25, 0.3) is 0 Å². The van der Waals surface area contributed by atoms with Gasteiger partial charge in [-0.25, -0.2) is 0 Å². The second-order valence-corrected chi connectivity index (χ2v) is 4.65. The molecule has 2 rings (SSSR count). The van der Waals surface area contributed by atoms with E-state index in [0.29, 0.717) is 6.04 Å². The molecular weight excluding hydrogens is 212 g/mol. The first kappa shape index (κ1) is 12.6. The van der Waals surface area contributed by atoms with Crippen LogP contribution in [0, 0.1) is 0 Å². The lowest BCUT2D eigenvalue weighted by Gasteiger charge is -2.33. The minimum absolute atomic E-state index is 0.576. The number of hydrogen-bond donors (Lipinski definition) is 1. The monoisotopic (exact) mass is 234 g/mol. The molecule has 1 aliphatic heterocycles. The normalized spacial score (nSPS) is 21.6. The van der Waals surface area contributed by atoms with Crippen molar-refractivity contribution in [3.05, 3.63) is 35.9 Å². The van der Waals surface area contributed by atoms with Gasteiger partial charge in [-0.3, -0.25) is 4.90 Å². The molecule has 1 aromatic carbocycles. The maximum absolute atomic E-state index is 5.14. The lowest BCUT2D eigenvalue weighted by atomic mass is 10.1. The molecule has 17 heavy (non-hydrogen) atoms. The number of nitrogens with one attached hydrogen (secondary N) is 1. The number of piperazine rings is 1. The lowest BCUT2D eigenvalue weighted by molar-refractivity contribution is 0.144. The summed E-state index contributed by atoms with van der Waals surface area (Å²) >= 11 is 0. The predicted octanol–water partition coefficient (Wildman–Crippen LogP) is 1.50. The average Bonchev–Trinajstić information content (AvgIpc) is 2.38. The average molecular weight is 234 g/mol. The molecule has 0 amide bonds. The molecule has 1 heterocycles. The zero-order chi connectivity index (χ0) is 11.9. The van der Waals surface area contributed by atoms with Gasteiger partial charge in [0.25, 0.3) is 0 Å². The van der Waals surface area contributed by atoms with E-state index in [4.69, 9.17) is 4.74 Å². The van der Waals surface area contributed by atoms with Crippen molar-refractivity contribution in [3.8, 4) is 0 Å². The SMILES string of the molecule is COCC[C@H]1CN(Cc2ccccc2)CCN1. The summed E-state index contributed by atoms with van der Waals surface area (Å²) in [7, 11) is 1.77. The predicted molar refractivity (Wildman–Crippen MR) is 70.0 cm³/mol. The van der Waals surface area contributed by atoms with Gasteiger partial charge in [0.15, 0.2) is 0 Å². The Kier molecular flexibility index (Phi) is 4.98. The van der Waals surface area contributed by atoms with Gasteiger partial charge >= 0.3 is 0 Å². The highest BCUT2D eigenvalue weighted by molar-refractivity contribution is 5.14. The van der Waals surface area contributed by atoms with Crippen LogP contribution in [0.2, 0.25) is 0 Å². The number of hydrogen-bond acceptors (Lipinski definition) is 3. The van der Waals surface area contributed by atoms with Crippen LogP contribution in [0.15, 0.2) is 30.3 Å². The molecule has 1 N–H and O–H groups in total. The smallest absolute Gasteiger partial charge is 0.0477 e. The molecule has 0 saturated carbocycles. The molecular formula is C14H22N2O. The Bertz CT molecular complexity index is 315. The van der Waals surface area contributed by atoms with Crippen LogP contribution in [-0.4, -0.2) is 44.3 Å². The van der Waals surface area contributed by atoms with Crippen LogP contribution >= 0.6 is 0 Å². The first-order valence-corrected chi connectivity index (χ1v) is 6.37. The standard InChI is InChI=1S/C14H22N2O/c1-17-10-7-14-12-16(9-8-15-14)11-13-5-3-2-4-6-13/h2-6,14-15H,7-12H2,1H3/t14-/m0/s1. The summed E-state index contributed by atoms with van der Waals surface area (Å²) in [5.74, 6) is 0. The molecule has 1 saturated heterocycles. The van der Waals surface area contributed by atoms with Gasteiger partial charge in [0, 0.05) is 45.9 Å². The minimum Gasteiger partial charge on any atom is -0.385 e. The van der Waals surface area contributed by atoms with Crippen LogP contribution in [-0.2, 0) is 11.3 Å². The molecule has 0 radical (unpaired) electrons. The second-order valence-electron chi connectivity index (χ2n) is 4.65. The molecule has 0 spiro atoms. The summed E-state index contributed by atoms with van der Waals surface area (Å²) in [6.45, 7) is 5.25. The summed E-state index contributed by atoms with van der Waals surface area (Å²) in [6.07, 6.45) is 1.10. The van der Waals surface area contributed by atoms with Crippen LogP contribution in [0.3, 0.4) is 0 Å². The number of rotatable bonds is 5. The van der Waals surface area contributed by atoms with Crippen molar-refractivity contribution in [2.45, 2.75) is 19.0 Å². The fourth-order valence-electron chi connectivity index (χ4n) is 2.33. The maximum atomic E-state index is 5.14. The molecule has 0 aliphatic carbocycles. The van der Waals surface area contributed by atoms with Crippen molar-refractivity contribution in [2.24, 2.45) is 0 Å². The first-order chi connectivity index (χ1) is 8.38. The number of ether oxygens (including phenoxy) is 1. The maximum Gasteiger partial charge on any atom is 0.0477 e. The van der Waals surface area contributed by atoms with E-state index in [1.807, 2.05) is 0 Å². The van der Waals surface area contributed by atoms with E-state index < -0.39 is 0 Å². The summed E-state index contributed by atoms with van der Waals surface area (Å²) in [6, 6.07) is 11.3. The van der Waals surface area contributed by atoms with Gasteiger partial charge in [-0.15, -0.1) is 0 Å². The molecule has 1 fully saturated rings. The molecule has 1 aromatic rings. The van der Waals surface area contributed by atoms with Gasteiger partial charge in [-0.2, -0.15) is 0 Å². The number of benzene rings is 1. The Morgan fingerprint density at radius 3 is 2.94 bits per heavy atom. The van der Waals surface area contributed by atoms with Crippen LogP contribution in [0.5, 0.6) is 0 Å². The van der Waals surface area contributed by atoms with Crippen molar-refractivity contribution in [1.29, 1.82) is 0 Å². The third-order valence-electron chi connectivity index (χ3n) is 3.26. The zero-order valence-corrected chi connectivity index (χ0v) is 10.6. The van der Waals surface area contributed by atoms with Gasteiger partial charge in [0.05, 0.1) is 0 Å². The second kappa shape index (κ2) is 6.74. The number of nitrogens with zero attached hydrogens (tertiary/aromatic N) is 1. The molecule has 1 atom stereocenters. The first-order valence-electron chi connectivity index (χ1n) is 6.37. The molecule has 94 valence electrons. The van der Waals surface area contributed by atoms with Crippen LogP contribution in [0.4, 0.5) is 0 Å². The highest BCUT2D eigenvalue weighted by atomic mass is 16.5. The van der Waals surface area contributed by atoms with E-state index in [9.17, 15) is 0 Å². The zero-order valence-electron chi connectivity index (χ0n) is 10.6. The Hall–Kier alpha value is -0.900. The van der Waals surface area contributed by atoms with Gasteiger partial charge in [0.1, 0.15) is 0 Å². The largest absolute Gasteiger partial charge is 0.385 e. The summed E-state index contributed by atoms with van der Waals surface area (Å²) in [4.78, 5) is 2.52. The Morgan fingerprint density at radius 2 is 2.18 bits per heavy atom. The van der Waals surface area contributed by atoms with E-state index in [2.05, 4.69) is 40.5 Å². The fourth-order valence-corrected chi connectivity index (χ4v) is 2.33. The van der Waals surface area contributed by atoms with Gasteiger partial charge in [0.2, 0.25) is 0 Å². The van der Waals surface area contributed by atoms with Crippen molar-refractivity contribution in [2.75, 3.05) is 33.4 Å². The van der Waals surface area contributed by atoms with Gasteiger partial charge in [-0.1, -0.05) is 30.3 Å².